The van der Waals surface area contributed by atoms with E-state index < -0.39 is 5.54 Å². The first kappa shape index (κ1) is 19.7. The van der Waals surface area contributed by atoms with E-state index in [2.05, 4.69) is 0 Å². The van der Waals surface area contributed by atoms with Gasteiger partial charge in [-0.2, -0.15) is 0 Å². The van der Waals surface area contributed by atoms with Gasteiger partial charge in [-0.3, -0.25) is 9.59 Å². The highest BCUT2D eigenvalue weighted by Gasteiger charge is 2.59. The summed E-state index contributed by atoms with van der Waals surface area (Å²) in [5.41, 5.74) is 0.853. The maximum absolute atomic E-state index is 13.4. The second-order valence-corrected chi connectivity index (χ2v) is 8.43. The predicted octanol–water partition coefficient (Wildman–Crippen LogP) is 3.32. The van der Waals surface area contributed by atoms with E-state index in [9.17, 15) is 14.0 Å². The van der Waals surface area contributed by atoms with Crippen molar-refractivity contribution >= 4 is 29.1 Å². The Labute approximate surface area is 174 Å². The van der Waals surface area contributed by atoms with Crippen LogP contribution in [0.15, 0.2) is 48.5 Å². The molecule has 0 aliphatic carbocycles. The van der Waals surface area contributed by atoms with Crippen LogP contribution in [0.1, 0.15) is 19.4 Å². The first-order valence-corrected chi connectivity index (χ1v) is 10.0. The number of carbonyl (C=O) groups excluding carboxylic acids is 2. The van der Waals surface area contributed by atoms with Crippen LogP contribution in [0.3, 0.4) is 0 Å². The number of amides is 2. The van der Waals surface area contributed by atoms with Crippen molar-refractivity contribution in [2.75, 3.05) is 24.5 Å². The molecule has 2 fully saturated rings. The number of carbonyl (C=O) groups is 2. The molecular formula is C22H23ClFN3O2. The van der Waals surface area contributed by atoms with Crippen LogP contribution in [0, 0.1) is 5.82 Å². The van der Waals surface area contributed by atoms with Crippen molar-refractivity contribution in [2.45, 2.75) is 32.0 Å². The van der Waals surface area contributed by atoms with E-state index in [1.165, 1.54) is 12.1 Å². The molecular weight excluding hydrogens is 393 g/mol. The van der Waals surface area contributed by atoms with Crippen LogP contribution in [-0.2, 0) is 16.1 Å². The van der Waals surface area contributed by atoms with Gasteiger partial charge in [0, 0.05) is 23.3 Å². The maximum atomic E-state index is 13.4. The molecule has 4 rings (SSSR count). The van der Waals surface area contributed by atoms with Crippen molar-refractivity contribution in [3.05, 3.63) is 64.9 Å². The van der Waals surface area contributed by atoms with Crippen LogP contribution in [0.2, 0.25) is 5.02 Å². The largest absolute Gasteiger partial charge is 0.366 e. The number of benzene rings is 2. The lowest BCUT2D eigenvalue weighted by Crippen LogP contribution is -2.81. The Morgan fingerprint density at radius 1 is 1.03 bits per heavy atom. The van der Waals surface area contributed by atoms with Gasteiger partial charge in [-0.15, -0.1) is 0 Å². The normalized spacial score (nSPS) is 18.6. The summed E-state index contributed by atoms with van der Waals surface area (Å²) in [5.74, 6) is -0.394. The Balaban J connectivity index is 1.63. The van der Waals surface area contributed by atoms with Crippen LogP contribution >= 0.6 is 11.6 Å². The molecule has 2 aromatic rings. The van der Waals surface area contributed by atoms with E-state index >= 15 is 0 Å². The minimum absolute atomic E-state index is 0.0283. The SMILES string of the molecule is CC(C)N1CC(=O)N(Cc2ccc(Cl)cc2)C2(CN(c3ccc(F)cc3)C2)C1=O. The predicted molar refractivity (Wildman–Crippen MR) is 110 cm³/mol. The average Bonchev–Trinajstić information content (AvgIpc) is 2.65. The number of halogens is 2. The maximum Gasteiger partial charge on any atom is 0.252 e. The van der Waals surface area contributed by atoms with Crippen molar-refractivity contribution in [2.24, 2.45) is 0 Å². The highest BCUT2D eigenvalue weighted by molar-refractivity contribution is 6.30. The van der Waals surface area contributed by atoms with E-state index in [0.717, 1.165) is 11.3 Å². The molecule has 0 aromatic heterocycles. The van der Waals surface area contributed by atoms with E-state index in [1.54, 1.807) is 34.1 Å². The smallest absolute Gasteiger partial charge is 0.252 e. The Kier molecular flexibility index (Phi) is 4.99. The molecule has 2 aliphatic heterocycles. The van der Waals surface area contributed by atoms with Gasteiger partial charge in [-0.1, -0.05) is 23.7 Å². The fraction of sp³-hybridized carbons (Fsp3) is 0.364. The topological polar surface area (TPSA) is 43.9 Å². The van der Waals surface area contributed by atoms with Crippen molar-refractivity contribution in [3.8, 4) is 0 Å². The lowest BCUT2D eigenvalue weighted by atomic mass is 9.82. The summed E-state index contributed by atoms with van der Waals surface area (Å²) >= 11 is 5.98. The highest BCUT2D eigenvalue weighted by atomic mass is 35.5. The summed E-state index contributed by atoms with van der Waals surface area (Å²) in [6.07, 6.45) is 0. The van der Waals surface area contributed by atoms with Gasteiger partial charge in [0.2, 0.25) is 5.91 Å². The van der Waals surface area contributed by atoms with Gasteiger partial charge in [0.15, 0.2) is 5.54 Å². The monoisotopic (exact) mass is 415 g/mol. The van der Waals surface area contributed by atoms with Crippen molar-refractivity contribution in [3.63, 3.8) is 0 Å². The molecule has 2 aromatic carbocycles. The minimum atomic E-state index is -0.909. The number of anilines is 1. The van der Waals surface area contributed by atoms with Gasteiger partial charge in [-0.05, 0) is 55.8 Å². The molecule has 2 heterocycles. The Hall–Kier alpha value is -2.60. The number of piperazine rings is 1. The first-order chi connectivity index (χ1) is 13.8. The summed E-state index contributed by atoms with van der Waals surface area (Å²) in [5, 5.41) is 0.627. The second kappa shape index (κ2) is 7.34. The van der Waals surface area contributed by atoms with Crippen molar-refractivity contribution in [1.29, 1.82) is 0 Å². The van der Waals surface area contributed by atoms with Gasteiger partial charge in [0.05, 0.1) is 13.1 Å². The Morgan fingerprint density at radius 2 is 1.66 bits per heavy atom. The number of nitrogens with zero attached hydrogens (tertiary/aromatic N) is 3. The molecule has 152 valence electrons. The van der Waals surface area contributed by atoms with Crippen LogP contribution in [0.4, 0.5) is 10.1 Å². The van der Waals surface area contributed by atoms with Crippen LogP contribution < -0.4 is 4.90 Å². The van der Waals surface area contributed by atoms with Gasteiger partial charge in [0.25, 0.3) is 5.91 Å². The van der Waals surface area contributed by atoms with Crippen LogP contribution in [-0.4, -0.2) is 52.8 Å². The zero-order valence-electron chi connectivity index (χ0n) is 16.4. The molecule has 0 radical (unpaired) electrons. The molecule has 1 spiro atoms. The van der Waals surface area contributed by atoms with Crippen LogP contribution in [0.5, 0.6) is 0 Å². The molecule has 2 amide bonds. The van der Waals surface area contributed by atoms with Gasteiger partial charge in [-0.25, -0.2) is 4.39 Å². The third-order valence-electron chi connectivity index (χ3n) is 5.76. The number of hydrogen-bond acceptors (Lipinski definition) is 3. The summed E-state index contributed by atoms with van der Waals surface area (Å²) in [7, 11) is 0. The molecule has 2 aliphatic rings. The van der Waals surface area contributed by atoms with E-state index in [1.807, 2.05) is 30.9 Å². The van der Waals surface area contributed by atoms with Gasteiger partial charge >= 0.3 is 0 Å². The third-order valence-corrected chi connectivity index (χ3v) is 6.01. The van der Waals surface area contributed by atoms with E-state index in [-0.39, 0.29) is 30.2 Å². The zero-order valence-corrected chi connectivity index (χ0v) is 17.2. The highest BCUT2D eigenvalue weighted by Crippen LogP contribution is 2.38. The van der Waals surface area contributed by atoms with E-state index in [0.29, 0.717) is 24.7 Å². The second-order valence-electron chi connectivity index (χ2n) is 8.00. The van der Waals surface area contributed by atoms with E-state index in [4.69, 9.17) is 11.6 Å². The average molecular weight is 416 g/mol. The van der Waals surface area contributed by atoms with Gasteiger partial charge in [0.1, 0.15) is 12.4 Å². The molecule has 0 unspecified atom stereocenters. The molecule has 29 heavy (non-hydrogen) atoms. The molecule has 0 saturated carbocycles. The van der Waals surface area contributed by atoms with Crippen molar-refractivity contribution < 1.29 is 14.0 Å². The quantitative estimate of drug-likeness (QED) is 0.769. The zero-order chi connectivity index (χ0) is 20.8. The Bertz CT molecular complexity index is 924. The van der Waals surface area contributed by atoms with Crippen molar-refractivity contribution in [1.82, 2.24) is 9.80 Å². The lowest BCUT2D eigenvalue weighted by Gasteiger charge is -2.59. The molecule has 0 bridgehead atoms. The Morgan fingerprint density at radius 3 is 2.24 bits per heavy atom. The fourth-order valence-electron chi connectivity index (χ4n) is 4.08. The summed E-state index contributed by atoms with van der Waals surface area (Å²) < 4.78 is 13.3. The van der Waals surface area contributed by atoms with Crippen LogP contribution in [0.25, 0.3) is 0 Å². The molecule has 0 N–H and O–H groups in total. The molecule has 2 saturated heterocycles. The third kappa shape index (κ3) is 3.46. The fourth-order valence-corrected chi connectivity index (χ4v) is 4.20. The first-order valence-electron chi connectivity index (χ1n) is 9.67. The molecule has 5 nitrogen and oxygen atoms in total. The summed E-state index contributed by atoms with van der Waals surface area (Å²) in [6.45, 7) is 5.06. The standard InChI is InChI=1S/C22H23ClFN3O2/c1-15(2)26-12-20(28)27(11-16-3-5-17(23)6-4-16)22(21(26)29)13-25(14-22)19-9-7-18(24)8-10-19/h3-10,15H,11-14H2,1-2H3. The minimum Gasteiger partial charge on any atom is -0.366 e. The van der Waals surface area contributed by atoms with Gasteiger partial charge < -0.3 is 14.7 Å². The summed E-state index contributed by atoms with van der Waals surface area (Å²) in [4.78, 5) is 31.9. The molecule has 0 atom stereocenters. The summed E-state index contributed by atoms with van der Waals surface area (Å²) in [6, 6.07) is 13.5. The number of hydrogen-bond donors (Lipinski definition) is 0. The lowest BCUT2D eigenvalue weighted by molar-refractivity contribution is -0.170. The number of rotatable bonds is 4. The molecule has 7 heteroatoms.